The predicted octanol–water partition coefficient (Wildman–Crippen LogP) is 3.66. The number of aromatic hydroxyl groups is 1. The summed E-state index contributed by atoms with van der Waals surface area (Å²) in [6.07, 6.45) is 8.88. The summed E-state index contributed by atoms with van der Waals surface area (Å²) < 4.78 is 53.8. The summed E-state index contributed by atoms with van der Waals surface area (Å²) in [5.74, 6) is 2.17. The van der Waals surface area contributed by atoms with Crippen molar-refractivity contribution in [2.45, 2.75) is 55.9 Å². The molecule has 2 unspecified atom stereocenters. The first kappa shape index (κ1) is 25.1. The van der Waals surface area contributed by atoms with Crippen molar-refractivity contribution in [3.63, 3.8) is 0 Å². The minimum Gasteiger partial charge on any atom is -0.508 e. The molecule has 11 heteroatoms. The largest absolute Gasteiger partial charge is 0.508 e. The van der Waals surface area contributed by atoms with Gasteiger partial charge in [-0.2, -0.15) is 9.97 Å². The van der Waals surface area contributed by atoms with Gasteiger partial charge in [0.2, 0.25) is 0 Å². The maximum atomic E-state index is 14.8. The number of terminal acetylenes is 1. The van der Waals surface area contributed by atoms with E-state index in [4.69, 9.17) is 18.9 Å². The Morgan fingerprint density at radius 3 is 2.91 bits per heavy atom. The Kier molecular flexibility index (Phi) is 5.78. The average Bonchev–Trinajstić information content (AvgIpc) is 3.52. The van der Waals surface area contributed by atoms with Crippen LogP contribution in [0.4, 0.5) is 14.6 Å². The summed E-state index contributed by atoms with van der Waals surface area (Å²) in [5, 5.41) is 15.4. The van der Waals surface area contributed by atoms with Gasteiger partial charge in [0, 0.05) is 58.5 Å². The number of phenols is 1. The van der Waals surface area contributed by atoms with E-state index in [0.29, 0.717) is 34.9 Å². The second-order valence-electron chi connectivity index (χ2n) is 12.3. The number of halogens is 2. The summed E-state index contributed by atoms with van der Waals surface area (Å²) in [5.41, 5.74) is -1.18. The van der Waals surface area contributed by atoms with Crippen LogP contribution in [-0.4, -0.2) is 81.1 Å². The van der Waals surface area contributed by atoms with Gasteiger partial charge in [0.05, 0.1) is 22.2 Å². The molecular formula is C33H32F2N6O3. The Hall–Kier alpha value is -4.27. The van der Waals surface area contributed by atoms with E-state index in [1.807, 2.05) is 0 Å². The van der Waals surface area contributed by atoms with Crippen molar-refractivity contribution >= 4 is 27.5 Å². The van der Waals surface area contributed by atoms with Crippen molar-refractivity contribution in [2.75, 3.05) is 37.6 Å². The number of aromatic nitrogens is 3. The highest BCUT2D eigenvalue weighted by Crippen LogP contribution is 2.41. The van der Waals surface area contributed by atoms with Gasteiger partial charge in [-0.1, -0.05) is 12.0 Å². The third-order valence-electron chi connectivity index (χ3n) is 9.69. The molecule has 0 amide bonds. The molecule has 9 rings (SSSR count). The highest BCUT2D eigenvalue weighted by Gasteiger charge is 2.49. The van der Waals surface area contributed by atoms with Crippen molar-refractivity contribution in [1.82, 2.24) is 24.8 Å². The van der Waals surface area contributed by atoms with Crippen LogP contribution in [-0.2, 0) is 0 Å². The lowest BCUT2D eigenvalue weighted by molar-refractivity contribution is 0.107. The number of ether oxygens (including phenoxy) is 1. The zero-order chi connectivity index (χ0) is 32.0. The van der Waals surface area contributed by atoms with Crippen molar-refractivity contribution < 1.29 is 21.4 Å². The Morgan fingerprint density at radius 2 is 2.14 bits per heavy atom. The number of hydrogen-bond acceptors (Lipinski definition) is 8. The molecule has 5 aliphatic heterocycles. The highest BCUT2D eigenvalue weighted by molar-refractivity contribution is 5.97. The van der Waals surface area contributed by atoms with E-state index in [1.54, 1.807) is 17.2 Å². The molecule has 4 aromatic rings. The molecule has 0 radical (unpaired) electrons. The lowest BCUT2D eigenvalue weighted by Gasteiger charge is -2.46. The fourth-order valence-corrected chi connectivity index (χ4v) is 7.54. The zero-order valence-electron chi connectivity index (χ0n) is 25.9. The van der Waals surface area contributed by atoms with Gasteiger partial charge in [-0.3, -0.25) is 14.3 Å². The van der Waals surface area contributed by atoms with E-state index >= 15 is 0 Å². The van der Waals surface area contributed by atoms with E-state index in [2.05, 4.69) is 21.1 Å². The average molecular weight is 601 g/mol. The van der Waals surface area contributed by atoms with Crippen LogP contribution in [0.3, 0.4) is 0 Å². The zero-order valence-corrected chi connectivity index (χ0v) is 23.9. The predicted molar refractivity (Wildman–Crippen MR) is 163 cm³/mol. The van der Waals surface area contributed by atoms with Crippen LogP contribution in [0.2, 0.25) is 0 Å². The van der Waals surface area contributed by atoms with Gasteiger partial charge in [-0.15, -0.1) is 6.42 Å². The third-order valence-corrected chi connectivity index (χ3v) is 9.69. The second-order valence-corrected chi connectivity index (χ2v) is 12.3. The van der Waals surface area contributed by atoms with Crippen LogP contribution in [0.25, 0.3) is 27.4 Å². The molecule has 2 N–H and O–H groups in total. The van der Waals surface area contributed by atoms with Crippen molar-refractivity contribution in [1.29, 1.82) is 0 Å². The smallest absolute Gasteiger partial charge is 0.319 e. The Balaban J connectivity index is 1.28. The van der Waals surface area contributed by atoms with E-state index in [0.717, 1.165) is 19.4 Å². The molecule has 5 fully saturated rings. The quantitative estimate of drug-likeness (QED) is 0.336. The molecule has 44 heavy (non-hydrogen) atoms. The standard InChI is InChI=1S/C33H32F2N6O3/c1-2-24-26(35)7-4-19-12-23(42)13-27(28(19)24)40-11-8-25-29(31(40)43)37-32(38-30(25)41-17-21-5-6-22(41)15-36-21)44-18-33-9-3-10-39(33)16-20(34)14-33/h1,4,7-8,11-13,20-22,36,42H,3,5-6,9-10,14-18H2/t20-,21?,22?,33+/m1/s1/i10D2. The number of nitrogens with one attached hydrogen (secondary N) is 1. The fourth-order valence-electron chi connectivity index (χ4n) is 7.54. The molecule has 2 bridgehead atoms. The minimum atomic E-state index is -1.64. The van der Waals surface area contributed by atoms with Crippen LogP contribution in [0.1, 0.15) is 40.4 Å². The van der Waals surface area contributed by atoms with E-state index in [9.17, 15) is 18.7 Å². The fraction of sp³-hybridized carbons (Fsp3) is 0.424. The summed E-state index contributed by atoms with van der Waals surface area (Å²) in [6, 6.07) is 7.61. The van der Waals surface area contributed by atoms with Crippen molar-refractivity contribution in [3.05, 3.63) is 58.3 Å². The Morgan fingerprint density at radius 1 is 1.25 bits per heavy atom. The molecule has 9 nitrogen and oxygen atoms in total. The van der Waals surface area contributed by atoms with E-state index < -0.39 is 29.6 Å². The number of pyridine rings is 1. The normalized spacial score (nSPS) is 28.2. The molecule has 7 heterocycles. The number of alkyl halides is 1. The number of fused-ring (bicyclic) bond motifs is 6. The van der Waals surface area contributed by atoms with Gasteiger partial charge >= 0.3 is 6.01 Å². The lowest BCUT2D eigenvalue weighted by Crippen LogP contribution is -2.61. The first-order chi connectivity index (χ1) is 22.1. The van der Waals surface area contributed by atoms with Crippen LogP contribution in [0.15, 0.2) is 41.3 Å². The van der Waals surface area contributed by atoms with Gasteiger partial charge < -0.3 is 20.1 Å². The number of piperazine rings is 1. The summed E-state index contributed by atoms with van der Waals surface area (Å²) in [6.45, 7) is -0.234. The maximum Gasteiger partial charge on any atom is 0.319 e. The molecule has 5 saturated heterocycles. The molecule has 0 spiro atoms. The van der Waals surface area contributed by atoms with Gasteiger partial charge in [0.15, 0.2) is 0 Å². The van der Waals surface area contributed by atoms with Gasteiger partial charge in [0.25, 0.3) is 5.56 Å². The summed E-state index contributed by atoms with van der Waals surface area (Å²) in [4.78, 5) is 27.5. The number of hydrogen-bond donors (Lipinski definition) is 2. The number of rotatable bonds is 5. The first-order valence-corrected chi connectivity index (χ1v) is 15.0. The second kappa shape index (κ2) is 10.1. The molecular weight excluding hydrogens is 566 g/mol. The molecule has 226 valence electrons. The van der Waals surface area contributed by atoms with Gasteiger partial charge in [-0.25, -0.2) is 8.78 Å². The molecule has 0 saturated carbocycles. The highest BCUT2D eigenvalue weighted by atomic mass is 19.1. The molecule has 4 atom stereocenters. The molecule has 2 aromatic carbocycles. The SMILES string of the molecule is [2H]C1([2H])CC[C@@]2(COc3nc(N4CC5CCC4CN5)c4ccn(-c5cc(O)cc6ccc(F)c(C#C)c56)c(=O)c4n3)C[C@@H](F)CN12. The van der Waals surface area contributed by atoms with Crippen molar-refractivity contribution in [3.8, 4) is 29.8 Å². The molecule has 0 aliphatic carbocycles. The third kappa shape index (κ3) is 4.23. The first-order valence-electron chi connectivity index (χ1n) is 16.0. The van der Waals surface area contributed by atoms with Crippen LogP contribution in [0.5, 0.6) is 11.8 Å². The lowest BCUT2D eigenvalue weighted by atomic mass is 9.93. The molecule has 5 aliphatic rings. The Bertz CT molecular complexity index is 2010. The Labute approximate surface area is 255 Å². The monoisotopic (exact) mass is 600 g/mol. The van der Waals surface area contributed by atoms with Crippen LogP contribution in [0, 0.1) is 18.2 Å². The minimum absolute atomic E-state index is 0.00708. The number of benzene rings is 2. The number of nitrogens with zero attached hydrogens (tertiary/aromatic N) is 5. The van der Waals surface area contributed by atoms with Crippen LogP contribution >= 0.6 is 0 Å². The summed E-state index contributed by atoms with van der Waals surface area (Å²) in [7, 11) is 0. The number of phenolic OH excluding ortho intramolecular Hbond substituents is 1. The number of piperidine rings is 2. The van der Waals surface area contributed by atoms with Crippen molar-refractivity contribution in [2.24, 2.45) is 0 Å². The van der Waals surface area contributed by atoms with Gasteiger partial charge in [-0.05, 0) is 55.8 Å². The summed E-state index contributed by atoms with van der Waals surface area (Å²) >= 11 is 0. The van der Waals surface area contributed by atoms with Gasteiger partial charge in [0.1, 0.15) is 35.7 Å². The number of anilines is 1. The maximum absolute atomic E-state index is 14.8. The van der Waals surface area contributed by atoms with Crippen LogP contribution < -0.4 is 20.5 Å². The molecule has 2 aromatic heterocycles. The van der Waals surface area contributed by atoms with E-state index in [-0.39, 0.29) is 66.6 Å². The topological polar surface area (TPSA) is 95.8 Å². The van der Waals surface area contributed by atoms with E-state index in [1.165, 1.54) is 28.8 Å².